The first kappa shape index (κ1) is 12.2. The lowest BCUT2D eigenvalue weighted by atomic mass is 10.1. The van der Waals surface area contributed by atoms with Gasteiger partial charge in [-0.25, -0.2) is 4.39 Å². The molecule has 0 radical (unpaired) electrons. The third kappa shape index (κ3) is 3.09. The minimum absolute atomic E-state index is 0.0671. The molecule has 0 spiro atoms. The third-order valence-corrected chi connectivity index (χ3v) is 2.95. The van der Waals surface area contributed by atoms with E-state index in [1.165, 1.54) is 12.1 Å². The zero-order chi connectivity index (χ0) is 12.5. The molecule has 1 saturated heterocycles. The smallest absolute Gasteiger partial charge is 0.142 e. The van der Waals surface area contributed by atoms with Crippen molar-refractivity contribution in [2.75, 3.05) is 12.3 Å². The molecule has 1 aliphatic heterocycles. The maximum atomic E-state index is 12.8. The number of anilines is 1. The van der Waals surface area contributed by atoms with Crippen LogP contribution in [-0.2, 0) is 4.74 Å². The van der Waals surface area contributed by atoms with Gasteiger partial charge in [0, 0.05) is 6.07 Å². The summed E-state index contributed by atoms with van der Waals surface area (Å²) in [4.78, 5) is 0. The van der Waals surface area contributed by atoms with E-state index in [0.29, 0.717) is 18.0 Å². The van der Waals surface area contributed by atoms with Crippen molar-refractivity contribution in [3.05, 3.63) is 24.0 Å². The Kier molecular flexibility index (Phi) is 3.24. The van der Waals surface area contributed by atoms with Gasteiger partial charge in [0.05, 0.1) is 17.4 Å². The molecule has 2 N–H and O–H groups in total. The van der Waals surface area contributed by atoms with Crippen LogP contribution in [0.15, 0.2) is 18.2 Å². The Labute approximate surface area is 101 Å². The first-order valence-electron chi connectivity index (χ1n) is 5.82. The average Bonchev–Trinajstić information content (AvgIpc) is 2.57. The van der Waals surface area contributed by atoms with Gasteiger partial charge in [0.1, 0.15) is 18.2 Å². The van der Waals surface area contributed by atoms with Crippen LogP contribution in [0.2, 0.25) is 0 Å². The molecule has 17 heavy (non-hydrogen) atoms. The molecule has 94 valence electrons. The second-order valence-corrected chi connectivity index (χ2v) is 5.03. The Balaban J connectivity index is 1.90. The summed E-state index contributed by atoms with van der Waals surface area (Å²) in [7, 11) is 0. The molecule has 4 heteroatoms. The number of hydrogen-bond donors (Lipinski definition) is 1. The van der Waals surface area contributed by atoms with Crippen LogP contribution in [0.4, 0.5) is 10.1 Å². The summed E-state index contributed by atoms with van der Waals surface area (Å²) in [5, 5.41) is 0. The second kappa shape index (κ2) is 4.53. The number of nitrogen functional groups attached to an aromatic ring is 1. The molecule has 3 nitrogen and oxygen atoms in total. The number of halogens is 1. The first-order chi connectivity index (χ1) is 7.96. The van der Waals surface area contributed by atoms with E-state index in [9.17, 15) is 4.39 Å². The number of hydrogen-bond acceptors (Lipinski definition) is 3. The molecule has 0 amide bonds. The lowest BCUT2D eigenvalue weighted by Gasteiger charge is -2.19. The average molecular weight is 239 g/mol. The highest BCUT2D eigenvalue weighted by atomic mass is 19.1. The number of nitrogens with two attached hydrogens (primary N) is 1. The monoisotopic (exact) mass is 239 g/mol. The maximum Gasteiger partial charge on any atom is 0.142 e. The summed E-state index contributed by atoms with van der Waals surface area (Å²) in [5.74, 6) is 0.160. The minimum atomic E-state index is -0.354. The van der Waals surface area contributed by atoms with E-state index in [1.807, 2.05) is 0 Å². The quantitative estimate of drug-likeness (QED) is 0.825. The Morgan fingerprint density at radius 1 is 1.53 bits per heavy atom. The highest BCUT2D eigenvalue weighted by Crippen LogP contribution is 2.30. The Hall–Kier alpha value is -1.29. The number of rotatable bonds is 3. The van der Waals surface area contributed by atoms with E-state index >= 15 is 0 Å². The molecule has 0 aliphatic carbocycles. The Morgan fingerprint density at radius 3 is 2.88 bits per heavy atom. The summed E-state index contributed by atoms with van der Waals surface area (Å²) in [6.07, 6.45) is 2.10. The molecular formula is C13H18FNO2. The maximum absolute atomic E-state index is 12.8. The van der Waals surface area contributed by atoms with Gasteiger partial charge in [-0.05, 0) is 38.8 Å². The van der Waals surface area contributed by atoms with E-state index in [-0.39, 0.29) is 17.5 Å². The molecule has 1 fully saturated rings. The van der Waals surface area contributed by atoms with E-state index in [1.54, 1.807) is 6.07 Å². The van der Waals surface area contributed by atoms with E-state index in [0.717, 1.165) is 12.8 Å². The molecular weight excluding hydrogens is 221 g/mol. The molecule has 1 aromatic rings. The molecule has 1 atom stereocenters. The highest BCUT2D eigenvalue weighted by Gasteiger charge is 2.31. The lowest BCUT2D eigenvalue weighted by Crippen LogP contribution is -2.24. The van der Waals surface area contributed by atoms with Gasteiger partial charge in [0.2, 0.25) is 0 Å². The summed E-state index contributed by atoms with van der Waals surface area (Å²) in [6, 6.07) is 4.14. The van der Waals surface area contributed by atoms with Crippen LogP contribution in [0.1, 0.15) is 26.7 Å². The highest BCUT2D eigenvalue weighted by molar-refractivity contribution is 5.52. The van der Waals surface area contributed by atoms with E-state index in [4.69, 9.17) is 15.2 Å². The van der Waals surface area contributed by atoms with Crippen LogP contribution in [-0.4, -0.2) is 18.3 Å². The normalized spacial score (nSPS) is 22.6. The predicted molar refractivity (Wildman–Crippen MR) is 64.5 cm³/mol. The van der Waals surface area contributed by atoms with Crippen molar-refractivity contribution in [3.8, 4) is 5.75 Å². The van der Waals surface area contributed by atoms with E-state index < -0.39 is 0 Å². The second-order valence-electron chi connectivity index (χ2n) is 5.03. The number of ether oxygens (including phenoxy) is 2. The minimum Gasteiger partial charge on any atom is -0.489 e. The first-order valence-corrected chi connectivity index (χ1v) is 5.82. The molecule has 1 aliphatic rings. The predicted octanol–water partition coefficient (Wildman–Crippen LogP) is 2.74. The van der Waals surface area contributed by atoms with Crippen molar-refractivity contribution in [2.45, 2.75) is 38.4 Å². The van der Waals surface area contributed by atoms with Crippen molar-refractivity contribution < 1.29 is 13.9 Å². The summed E-state index contributed by atoms with van der Waals surface area (Å²) in [6.45, 7) is 4.60. The van der Waals surface area contributed by atoms with Gasteiger partial charge >= 0.3 is 0 Å². The standard InChI is InChI=1S/C13H18FNO2/c1-13(2)6-5-10(17-13)8-16-12-4-3-9(14)7-11(12)15/h3-4,7,10H,5-6,8,15H2,1-2H3. The fourth-order valence-corrected chi connectivity index (χ4v) is 2.03. The Morgan fingerprint density at radius 2 is 2.29 bits per heavy atom. The summed E-state index contributed by atoms with van der Waals surface area (Å²) >= 11 is 0. The van der Waals surface area contributed by atoms with Crippen LogP contribution in [0.5, 0.6) is 5.75 Å². The largest absolute Gasteiger partial charge is 0.489 e. The van der Waals surface area contributed by atoms with Gasteiger partial charge in [-0.2, -0.15) is 0 Å². The molecule has 1 unspecified atom stereocenters. The van der Waals surface area contributed by atoms with Crippen LogP contribution in [0.25, 0.3) is 0 Å². The zero-order valence-electron chi connectivity index (χ0n) is 10.2. The van der Waals surface area contributed by atoms with Gasteiger partial charge in [-0.3, -0.25) is 0 Å². The van der Waals surface area contributed by atoms with Crippen molar-refractivity contribution in [2.24, 2.45) is 0 Å². The van der Waals surface area contributed by atoms with Crippen molar-refractivity contribution >= 4 is 5.69 Å². The van der Waals surface area contributed by atoms with Gasteiger partial charge in [-0.15, -0.1) is 0 Å². The van der Waals surface area contributed by atoms with Gasteiger partial charge in [-0.1, -0.05) is 0 Å². The summed E-state index contributed by atoms with van der Waals surface area (Å²) < 4.78 is 24.2. The van der Waals surface area contributed by atoms with E-state index in [2.05, 4.69) is 13.8 Å². The van der Waals surface area contributed by atoms with Crippen molar-refractivity contribution in [3.63, 3.8) is 0 Å². The topological polar surface area (TPSA) is 44.5 Å². The zero-order valence-corrected chi connectivity index (χ0v) is 10.2. The molecule has 0 aromatic heterocycles. The molecule has 0 bridgehead atoms. The molecule has 2 rings (SSSR count). The van der Waals surface area contributed by atoms with Gasteiger partial charge in [0.15, 0.2) is 0 Å². The lowest BCUT2D eigenvalue weighted by molar-refractivity contribution is -0.0325. The SMILES string of the molecule is CC1(C)CCC(COc2ccc(F)cc2N)O1. The van der Waals surface area contributed by atoms with Gasteiger partial charge in [0.25, 0.3) is 0 Å². The van der Waals surface area contributed by atoms with Crippen molar-refractivity contribution in [1.29, 1.82) is 0 Å². The molecule has 1 heterocycles. The fraction of sp³-hybridized carbons (Fsp3) is 0.538. The summed E-state index contributed by atoms with van der Waals surface area (Å²) in [5.41, 5.74) is 5.91. The van der Waals surface area contributed by atoms with Crippen LogP contribution < -0.4 is 10.5 Å². The van der Waals surface area contributed by atoms with Crippen LogP contribution in [0.3, 0.4) is 0 Å². The van der Waals surface area contributed by atoms with Crippen molar-refractivity contribution in [1.82, 2.24) is 0 Å². The van der Waals surface area contributed by atoms with Gasteiger partial charge < -0.3 is 15.2 Å². The number of benzene rings is 1. The van der Waals surface area contributed by atoms with Crippen LogP contribution in [0, 0.1) is 5.82 Å². The molecule has 1 aromatic carbocycles. The Bertz CT molecular complexity index is 406. The molecule has 0 saturated carbocycles. The van der Waals surface area contributed by atoms with Crippen LogP contribution >= 0.6 is 0 Å². The third-order valence-electron chi connectivity index (χ3n) is 2.95. The fourth-order valence-electron chi connectivity index (χ4n) is 2.03.